The van der Waals surface area contributed by atoms with Gasteiger partial charge in [0, 0.05) is 19.1 Å². The van der Waals surface area contributed by atoms with Gasteiger partial charge in [-0.15, -0.1) is 0 Å². The highest BCUT2D eigenvalue weighted by Gasteiger charge is 2.23. The number of hydrogen-bond acceptors (Lipinski definition) is 3. The van der Waals surface area contributed by atoms with Crippen molar-refractivity contribution in [1.82, 2.24) is 14.3 Å². The SMILES string of the molecule is CCNS(=O)(=O)NCC(c1ccc(C)cc1)N1CCCCC1. The van der Waals surface area contributed by atoms with Crippen LogP contribution in [0.2, 0.25) is 0 Å². The highest BCUT2D eigenvalue weighted by atomic mass is 32.2. The van der Waals surface area contributed by atoms with Crippen molar-refractivity contribution in [2.24, 2.45) is 0 Å². The van der Waals surface area contributed by atoms with Gasteiger partial charge in [0.25, 0.3) is 10.2 Å². The average molecular weight is 325 g/mol. The smallest absolute Gasteiger partial charge is 0.276 e. The summed E-state index contributed by atoms with van der Waals surface area (Å²) in [5.41, 5.74) is 2.39. The largest absolute Gasteiger partial charge is 0.295 e. The molecule has 1 aromatic carbocycles. The van der Waals surface area contributed by atoms with Gasteiger partial charge >= 0.3 is 0 Å². The van der Waals surface area contributed by atoms with Crippen LogP contribution in [0.1, 0.15) is 43.4 Å². The highest BCUT2D eigenvalue weighted by molar-refractivity contribution is 7.87. The van der Waals surface area contributed by atoms with Gasteiger partial charge in [0.2, 0.25) is 0 Å². The number of nitrogens with one attached hydrogen (secondary N) is 2. The molecule has 6 heteroatoms. The maximum absolute atomic E-state index is 11.9. The second kappa shape index (κ2) is 8.06. The van der Waals surface area contributed by atoms with E-state index in [0.29, 0.717) is 13.1 Å². The third-order valence-electron chi connectivity index (χ3n) is 4.09. The Hall–Kier alpha value is -0.950. The summed E-state index contributed by atoms with van der Waals surface area (Å²) in [5, 5.41) is 0. The Morgan fingerprint density at radius 3 is 2.32 bits per heavy atom. The Balaban J connectivity index is 2.12. The summed E-state index contributed by atoms with van der Waals surface area (Å²) in [4.78, 5) is 2.39. The van der Waals surface area contributed by atoms with Gasteiger partial charge in [-0.2, -0.15) is 8.42 Å². The van der Waals surface area contributed by atoms with E-state index in [9.17, 15) is 8.42 Å². The van der Waals surface area contributed by atoms with Crippen molar-refractivity contribution in [2.45, 2.75) is 39.2 Å². The van der Waals surface area contributed by atoms with Crippen LogP contribution in [0.25, 0.3) is 0 Å². The van der Waals surface area contributed by atoms with Crippen LogP contribution in [0, 0.1) is 6.92 Å². The van der Waals surface area contributed by atoms with Crippen LogP contribution >= 0.6 is 0 Å². The molecule has 0 spiro atoms. The fraction of sp³-hybridized carbons (Fsp3) is 0.625. The first-order valence-corrected chi connectivity index (χ1v) is 9.55. The number of rotatable bonds is 7. The summed E-state index contributed by atoms with van der Waals surface area (Å²) in [5.74, 6) is 0. The van der Waals surface area contributed by atoms with Crippen molar-refractivity contribution in [3.8, 4) is 0 Å². The fourth-order valence-electron chi connectivity index (χ4n) is 2.91. The van der Waals surface area contributed by atoms with E-state index in [0.717, 1.165) is 13.1 Å². The summed E-state index contributed by atoms with van der Waals surface area (Å²) in [7, 11) is -3.41. The Morgan fingerprint density at radius 1 is 1.09 bits per heavy atom. The number of nitrogens with zero attached hydrogens (tertiary/aromatic N) is 1. The first-order valence-electron chi connectivity index (χ1n) is 8.06. The normalized spacial score (nSPS) is 18.3. The van der Waals surface area contributed by atoms with Crippen LogP contribution in [0.4, 0.5) is 0 Å². The minimum absolute atomic E-state index is 0.0920. The molecule has 0 saturated carbocycles. The van der Waals surface area contributed by atoms with E-state index < -0.39 is 10.2 Å². The fourth-order valence-corrected chi connectivity index (χ4v) is 3.77. The molecule has 0 aromatic heterocycles. The Bertz CT molecular complexity index is 551. The third-order valence-corrected chi connectivity index (χ3v) is 5.31. The zero-order valence-corrected chi connectivity index (χ0v) is 14.3. The molecule has 1 aliphatic heterocycles. The molecule has 1 atom stereocenters. The van der Waals surface area contributed by atoms with Crippen molar-refractivity contribution < 1.29 is 8.42 Å². The maximum Gasteiger partial charge on any atom is 0.276 e. The molecule has 5 nitrogen and oxygen atoms in total. The third kappa shape index (κ3) is 5.05. The van der Waals surface area contributed by atoms with Gasteiger partial charge in [-0.25, -0.2) is 9.44 Å². The first kappa shape index (κ1) is 17.4. The van der Waals surface area contributed by atoms with E-state index >= 15 is 0 Å². The molecule has 2 N–H and O–H groups in total. The molecule has 22 heavy (non-hydrogen) atoms. The minimum Gasteiger partial charge on any atom is -0.295 e. The van der Waals surface area contributed by atoms with Crippen LogP contribution in [0.5, 0.6) is 0 Å². The summed E-state index contributed by atoms with van der Waals surface area (Å²) < 4.78 is 28.9. The summed E-state index contributed by atoms with van der Waals surface area (Å²) in [6, 6.07) is 8.48. The number of piperidine rings is 1. The Morgan fingerprint density at radius 2 is 1.73 bits per heavy atom. The molecule has 1 heterocycles. The lowest BCUT2D eigenvalue weighted by molar-refractivity contribution is 0.164. The maximum atomic E-state index is 11.9. The summed E-state index contributed by atoms with van der Waals surface area (Å²) in [6.07, 6.45) is 3.63. The number of benzene rings is 1. The summed E-state index contributed by atoms with van der Waals surface area (Å²) in [6.45, 7) is 6.70. The summed E-state index contributed by atoms with van der Waals surface area (Å²) >= 11 is 0. The first-order chi connectivity index (χ1) is 10.5. The van der Waals surface area contributed by atoms with Gasteiger partial charge in [-0.1, -0.05) is 43.2 Å². The topological polar surface area (TPSA) is 61.4 Å². The second-order valence-corrected chi connectivity index (χ2v) is 7.46. The average Bonchev–Trinajstić information content (AvgIpc) is 2.50. The minimum atomic E-state index is -3.41. The lowest BCUT2D eigenvalue weighted by atomic mass is 10.0. The van der Waals surface area contributed by atoms with Gasteiger partial charge in [0.1, 0.15) is 0 Å². The molecule has 0 bridgehead atoms. The van der Waals surface area contributed by atoms with E-state index in [1.165, 1.54) is 30.4 Å². The van der Waals surface area contributed by atoms with E-state index in [2.05, 4.69) is 45.5 Å². The molecular weight excluding hydrogens is 298 g/mol. The van der Waals surface area contributed by atoms with Gasteiger partial charge in [-0.05, 0) is 38.4 Å². The van der Waals surface area contributed by atoms with Crippen molar-refractivity contribution in [2.75, 3.05) is 26.2 Å². The predicted molar refractivity (Wildman–Crippen MR) is 89.9 cm³/mol. The molecule has 1 fully saturated rings. The molecule has 1 aromatic rings. The van der Waals surface area contributed by atoms with Crippen molar-refractivity contribution in [1.29, 1.82) is 0 Å². The monoisotopic (exact) mass is 325 g/mol. The van der Waals surface area contributed by atoms with Gasteiger partial charge in [-0.3, -0.25) is 4.90 Å². The molecule has 0 aliphatic carbocycles. The quantitative estimate of drug-likeness (QED) is 0.806. The molecule has 0 amide bonds. The van der Waals surface area contributed by atoms with Crippen LogP contribution in [0.3, 0.4) is 0 Å². The second-order valence-electron chi connectivity index (χ2n) is 5.87. The molecule has 1 unspecified atom stereocenters. The van der Waals surface area contributed by atoms with Crippen LogP contribution in [-0.2, 0) is 10.2 Å². The Labute approximate surface area is 134 Å². The molecule has 1 aliphatic rings. The lowest BCUT2D eigenvalue weighted by Crippen LogP contribution is -2.44. The zero-order chi connectivity index (χ0) is 16.0. The van der Waals surface area contributed by atoms with Gasteiger partial charge in [0.05, 0.1) is 0 Å². The Kier molecular flexibility index (Phi) is 6.37. The van der Waals surface area contributed by atoms with Gasteiger partial charge < -0.3 is 0 Å². The van der Waals surface area contributed by atoms with E-state index in [1.807, 2.05) is 0 Å². The van der Waals surface area contributed by atoms with Gasteiger partial charge in [0.15, 0.2) is 0 Å². The van der Waals surface area contributed by atoms with Crippen molar-refractivity contribution >= 4 is 10.2 Å². The van der Waals surface area contributed by atoms with Crippen molar-refractivity contribution in [3.05, 3.63) is 35.4 Å². The van der Waals surface area contributed by atoms with Crippen LogP contribution in [-0.4, -0.2) is 39.5 Å². The molecular formula is C16H27N3O2S. The molecule has 124 valence electrons. The van der Waals surface area contributed by atoms with E-state index in [1.54, 1.807) is 6.92 Å². The van der Waals surface area contributed by atoms with E-state index in [4.69, 9.17) is 0 Å². The molecule has 1 saturated heterocycles. The predicted octanol–water partition coefficient (Wildman–Crippen LogP) is 1.97. The number of aryl methyl sites for hydroxylation is 1. The lowest BCUT2D eigenvalue weighted by Gasteiger charge is -2.35. The van der Waals surface area contributed by atoms with Crippen LogP contribution < -0.4 is 9.44 Å². The number of hydrogen-bond donors (Lipinski definition) is 2. The zero-order valence-electron chi connectivity index (χ0n) is 13.5. The molecule has 2 rings (SSSR count). The molecule has 0 radical (unpaired) electrons. The highest BCUT2D eigenvalue weighted by Crippen LogP contribution is 2.24. The van der Waals surface area contributed by atoms with Crippen LogP contribution in [0.15, 0.2) is 24.3 Å². The van der Waals surface area contributed by atoms with E-state index in [-0.39, 0.29) is 6.04 Å². The number of likely N-dealkylation sites (tertiary alicyclic amines) is 1. The van der Waals surface area contributed by atoms with Crippen molar-refractivity contribution in [3.63, 3.8) is 0 Å². The standard InChI is InChI=1S/C16H27N3O2S/c1-3-17-22(20,21)18-13-16(19-11-5-4-6-12-19)15-9-7-14(2)8-10-15/h7-10,16-18H,3-6,11-13H2,1-2H3.